The lowest BCUT2D eigenvalue weighted by Gasteiger charge is -2.37. The van der Waals surface area contributed by atoms with E-state index >= 15 is 0 Å². The minimum absolute atomic E-state index is 0.216. The minimum Gasteiger partial charge on any atom is -0.357 e. The molecule has 1 amide bonds. The fraction of sp³-hybridized carbons (Fsp3) is 0.647. The van der Waals surface area contributed by atoms with Crippen LogP contribution in [0.5, 0.6) is 0 Å². The third-order valence-corrected chi connectivity index (χ3v) is 4.89. The number of nitrogens with one attached hydrogen (secondary N) is 1. The van der Waals surface area contributed by atoms with E-state index in [4.69, 9.17) is 0 Å². The number of hydrogen-bond donors (Lipinski definition) is 1. The third-order valence-electron chi connectivity index (χ3n) is 4.89. The average Bonchev–Trinajstić information content (AvgIpc) is 2.52. The van der Waals surface area contributed by atoms with Crippen LogP contribution in [0.1, 0.15) is 19.8 Å². The summed E-state index contributed by atoms with van der Waals surface area (Å²) in [5.41, 5.74) is 0. The summed E-state index contributed by atoms with van der Waals surface area (Å²) in [4.78, 5) is 21.2. The number of piperidine rings is 1. The first-order valence-corrected chi connectivity index (χ1v) is 8.43. The van der Waals surface area contributed by atoms with Crippen LogP contribution in [0.4, 0.5) is 5.82 Å². The Kier molecular flexibility index (Phi) is 4.93. The zero-order valence-electron chi connectivity index (χ0n) is 13.4. The first-order chi connectivity index (χ1) is 10.8. The van der Waals surface area contributed by atoms with Crippen LogP contribution in [0.25, 0.3) is 0 Å². The van der Waals surface area contributed by atoms with Crippen LogP contribution < -0.4 is 10.2 Å². The molecule has 2 aliphatic heterocycles. The lowest BCUT2D eigenvalue weighted by atomic mass is 9.94. The molecule has 1 aromatic rings. The molecule has 5 nitrogen and oxygen atoms in total. The number of nitrogens with zero attached hydrogens (tertiary/aromatic N) is 3. The standard InChI is InChI=1S/C17H26N4O/c1-2-20(17(22)15-11-18-12-15)13-14-6-9-21(10-7-14)16-5-3-4-8-19-16/h3-5,8,14-15,18H,2,6-7,9-13H2,1H3. The van der Waals surface area contributed by atoms with Gasteiger partial charge < -0.3 is 15.1 Å². The number of pyridine rings is 1. The van der Waals surface area contributed by atoms with Crippen molar-refractivity contribution in [2.45, 2.75) is 19.8 Å². The van der Waals surface area contributed by atoms with Gasteiger partial charge in [0.2, 0.25) is 5.91 Å². The Morgan fingerprint density at radius 2 is 2.14 bits per heavy atom. The van der Waals surface area contributed by atoms with Gasteiger partial charge in [-0.15, -0.1) is 0 Å². The topological polar surface area (TPSA) is 48.5 Å². The molecule has 0 radical (unpaired) electrons. The molecule has 5 heteroatoms. The van der Waals surface area contributed by atoms with E-state index in [0.29, 0.717) is 11.8 Å². The van der Waals surface area contributed by atoms with E-state index in [1.807, 2.05) is 18.3 Å². The molecule has 0 spiro atoms. The monoisotopic (exact) mass is 302 g/mol. The Bertz CT molecular complexity index is 481. The molecular formula is C17H26N4O. The van der Waals surface area contributed by atoms with Gasteiger partial charge in [-0.25, -0.2) is 4.98 Å². The first-order valence-electron chi connectivity index (χ1n) is 8.43. The van der Waals surface area contributed by atoms with Crippen LogP contribution in [-0.4, -0.2) is 55.1 Å². The number of amides is 1. The number of anilines is 1. The molecule has 0 atom stereocenters. The maximum absolute atomic E-state index is 12.4. The van der Waals surface area contributed by atoms with Gasteiger partial charge >= 0.3 is 0 Å². The van der Waals surface area contributed by atoms with Crippen molar-refractivity contribution < 1.29 is 4.79 Å². The number of hydrogen-bond acceptors (Lipinski definition) is 4. The summed E-state index contributed by atoms with van der Waals surface area (Å²) in [5.74, 6) is 2.25. The lowest BCUT2D eigenvalue weighted by Crippen LogP contribution is -2.53. The van der Waals surface area contributed by atoms with Gasteiger partial charge in [0.1, 0.15) is 5.82 Å². The summed E-state index contributed by atoms with van der Waals surface area (Å²) in [6, 6.07) is 6.07. The molecule has 0 bridgehead atoms. The van der Waals surface area contributed by atoms with E-state index in [-0.39, 0.29) is 5.92 Å². The van der Waals surface area contributed by atoms with Gasteiger partial charge in [-0.05, 0) is 37.8 Å². The highest BCUT2D eigenvalue weighted by Crippen LogP contribution is 2.23. The number of carbonyl (C=O) groups excluding carboxylic acids is 1. The Morgan fingerprint density at radius 3 is 2.68 bits per heavy atom. The van der Waals surface area contributed by atoms with E-state index < -0.39 is 0 Å². The highest BCUT2D eigenvalue weighted by Gasteiger charge is 2.30. The van der Waals surface area contributed by atoms with E-state index in [1.54, 1.807) is 0 Å². The van der Waals surface area contributed by atoms with Crippen molar-refractivity contribution in [3.8, 4) is 0 Å². The summed E-state index contributed by atoms with van der Waals surface area (Å²) in [6.45, 7) is 7.63. The summed E-state index contributed by atoms with van der Waals surface area (Å²) >= 11 is 0. The number of aromatic nitrogens is 1. The van der Waals surface area contributed by atoms with Gasteiger partial charge in [0.05, 0.1) is 5.92 Å². The smallest absolute Gasteiger partial charge is 0.228 e. The fourth-order valence-electron chi connectivity index (χ4n) is 3.29. The first kappa shape index (κ1) is 15.3. The van der Waals surface area contributed by atoms with Crippen LogP contribution in [0, 0.1) is 11.8 Å². The second-order valence-corrected chi connectivity index (χ2v) is 6.35. The van der Waals surface area contributed by atoms with Gasteiger partial charge in [-0.3, -0.25) is 4.79 Å². The molecule has 0 saturated carbocycles. The molecule has 0 unspecified atom stereocenters. The van der Waals surface area contributed by atoms with Crippen LogP contribution >= 0.6 is 0 Å². The largest absolute Gasteiger partial charge is 0.357 e. The normalized spacial score (nSPS) is 19.8. The van der Waals surface area contributed by atoms with Crippen molar-refractivity contribution in [1.82, 2.24) is 15.2 Å². The van der Waals surface area contributed by atoms with Gasteiger partial charge in [-0.2, -0.15) is 0 Å². The molecule has 0 aromatic carbocycles. The number of rotatable bonds is 5. The Morgan fingerprint density at radius 1 is 1.36 bits per heavy atom. The molecule has 22 heavy (non-hydrogen) atoms. The van der Waals surface area contributed by atoms with Crippen molar-refractivity contribution in [2.75, 3.05) is 44.2 Å². The molecule has 1 aromatic heterocycles. The van der Waals surface area contributed by atoms with Crippen molar-refractivity contribution in [2.24, 2.45) is 11.8 Å². The fourth-order valence-corrected chi connectivity index (χ4v) is 3.29. The molecule has 2 aliphatic rings. The molecular weight excluding hydrogens is 276 g/mol. The molecule has 120 valence electrons. The SMILES string of the molecule is CCN(CC1CCN(c2ccccn2)CC1)C(=O)C1CNC1. The van der Waals surface area contributed by atoms with Crippen molar-refractivity contribution in [3.63, 3.8) is 0 Å². The zero-order valence-corrected chi connectivity index (χ0v) is 13.4. The second kappa shape index (κ2) is 7.09. The zero-order chi connectivity index (χ0) is 15.4. The summed E-state index contributed by atoms with van der Waals surface area (Å²) < 4.78 is 0. The van der Waals surface area contributed by atoms with Crippen LogP contribution in [0.15, 0.2) is 24.4 Å². The quantitative estimate of drug-likeness (QED) is 0.892. The Balaban J connectivity index is 1.49. The van der Waals surface area contributed by atoms with E-state index in [9.17, 15) is 4.79 Å². The van der Waals surface area contributed by atoms with E-state index in [1.165, 1.54) is 0 Å². The Labute approximate surface area is 132 Å². The lowest BCUT2D eigenvalue weighted by molar-refractivity contribution is -0.137. The summed E-state index contributed by atoms with van der Waals surface area (Å²) in [6.07, 6.45) is 4.14. The summed E-state index contributed by atoms with van der Waals surface area (Å²) in [5, 5.41) is 3.19. The van der Waals surface area contributed by atoms with Crippen molar-refractivity contribution >= 4 is 11.7 Å². The van der Waals surface area contributed by atoms with Crippen LogP contribution in [0.2, 0.25) is 0 Å². The highest BCUT2D eigenvalue weighted by atomic mass is 16.2. The highest BCUT2D eigenvalue weighted by molar-refractivity contribution is 5.80. The van der Waals surface area contributed by atoms with Gasteiger partial charge in [0.25, 0.3) is 0 Å². The minimum atomic E-state index is 0.216. The van der Waals surface area contributed by atoms with Gasteiger partial charge in [0, 0.05) is 45.5 Å². The van der Waals surface area contributed by atoms with Gasteiger partial charge in [0.15, 0.2) is 0 Å². The molecule has 3 heterocycles. The maximum atomic E-state index is 12.4. The average molecular weight is 302 g/mol. The maximum Gasteiger partial charge on any atom is 0.228 e. The Hall–Kier alpha value is -1.62. The van der Waals surface area contributed by atoms with E-state index in [2.05, 4.69) is 33.1 Å². The number of carbonyl (C=O) groups is 1. The summed E-state index contributed by atoms with van der Waals surface area (Å²) in [7, 11) is 0. The predicted molar refractivity (Wildman–Crippen MR) is 87.8 cm³/mol. The molecule has 2 saturated heterocycles. The predicted octanol–water partition coefficient (Wildman–Crippen LogP) is 1.37. The van der Waals surface area contributed by atoms with Crippen LogP contribution in [-0.2, 0) is 4.79 Å². The van der Waals surface area contributed by atoms with E-state index in [0.717, 1.165) is 57.9 Å². The third kappa shape index (κ3) is 3.40. The molecule has 0 aliphatic carbocycles. The van der Waals surface area contributed by atoms with Crippen molar-refractivity contribution in [1.29, 1.82) is 0 Å². The molecule has 2 fully saturated rings. The van der Waals surface area contributed by atoms with Crippen LogP contribution in [0.3, 0.4) is 0 Å². The van der Waals surface area contributed by atoms with Crippen molar-refractivity contribution in [3.05, 3.63) is 24.4 Å². The van der Waals surface area contributed by atoms with Gasteiger partial charge in [-0.1, -0.05) is 6.07 Å². The molecule has 3 rings (SSSR count). The second-order valence-electron chi connectivity index (χ2n) is 6.35. The molecule has 1 N–H and O–H groups in total.